The van der Waals surface area contributed by atoms with Gasteiger partial charge in [0.15, 0.2) is 6.04 Å². The number of nitrogens with two attached hydrogens (primary N) is 1. The van der Waals surface area contributed by atoms with Crippen LogP contribution in [0, 0.1) is 0 Å². The SMILES string of the molecule is NC(=O)[C@@H]1CCC(=O)[N+]1(Cc1ccc(Cl)cc1Cl)C1CC1. The molecule has 1 aromatic carbocycles. The maximum absolute atomic E-state index is 12.6. The van der Waals surface area contributed by atoms with Crippen LogP contribution in [0.2, 0.25) is 10.0 Å². The fourth-order valence-corrected chi connectivity index (χ4v) is 3.96. The van der Waals surface area contributed by atoms with E-state index in [0.717, 1.165) is 18.4 Å². The van der Waals surface area contributed by atoms with Gasteiger partial charge in [0.25, 0.3) is 5.91 Å². The molecular formula is C15H17Cl2N2O2+. The van der Waals surface area contributed by atoms with Crippen molar-refractivity contribution in [3.05, 3.63) is 33.8 Å². The number of benzene rings is 1. The Balaban J connectivity index is 2.01. The maximum Gasteiger partial charge on any atom is 0.315 e. The van der Waals surface area contributed by atoms with E-state index in [4.69, 9.17) is 28.9 Å². The van der Waals surface area contributed by atoms with E-state index in [1.807, 2.05) is 6.07 Å². The lowest BCUT2D eigenvalue weighted by Crippen LogP contribution is -2.59. The average Bonchev–Trinajstić information content (AvgIpc) is 3.20. The fraction of sp³-hybridized carbons (Fsp3) is 0.467. The maximum atomic E-state index is 12.6. The highest BCUT2D eigenvalue weighted by atomic mass is 35.5. The van der Waals surface area contributed by atoms with Crippen LogP contribution < -0.4 is 5.73 Å². The third kappa shape index (κ3) is 2.45. The first-order valence-corrected chi connectivity index (χ1v) is 7.85. The topological polar surface area (TPSA) is 60.2 Å². The number of carbonyl (C=O) groups excluding carboxylic acids is 2. The Morgan fingerprint density at radius 2 is 2.00 bits per heavy atom. The minimum Gasteiger partial charge on any atom is -0.364 e. The first-order chi connectivity index (χ1) is 9.95. The quantitative estimate of drug-likeness (QED) is 0.864. The van der Waals surface area contributed by atoms with Crippen LogP contribution in [0.5, 0.6) is 0 Å². The van der Waals surface area contributed by atoms with E-state index < -0.39 is 11.9 Å². The van der Waals surface area contributed by atoms with E-state index >= 15 is 0 Å². The summed E-state index contributed by atoms with van der Waals surface area (Å²) in [5, 5.41) is 1.09. The van der Waals surface area contributed by atoms with Crippen molar-refractivity contribution in [2.45, 2.75) is 44.3 Å². The van der Waals surface area contributed by atoms with Crippen LogP contribution >= 0.6 is 23.2 Å². The molecule has 1 aliphatic heterocycles. The third-order valence-corrected chi connectivity index (χ3v) is 5.21. The molecule has 2 atom stereocenters. The lowest BCUT2D eigenvalue weighted by molar-refractivity contribution is -0.885. The second-order valence-corrected chi connectivity index (χ2v) is 6.75. The van der Waals surface area contributed by atoms with Gasteiger partial charge >= 0.3 is 5.91 Å². The number of carbonyl (C=O) groups is 2. The molecule has 2 aliphatic rings. The fourth-order valence-electron chi connectivity index (χ4n) is 3.49. The Bertz CT molecular complexity index is 616. The second-order valence-electron chi connectivity index (χ2n) is 5.91. The van der Waals surface area contributed by atoms with Crippen LogP contribution in [-0.2, 0) is 16.1 Å². The van der Waals surface area contributed by atoms with Gasteiger partial charge in [0.1, 0.15) is 6.54 Å². The predicted octanol–water partition coefficient (Wildman–Crippen LogP) is 2.65. The van der Waals surface area contributed by atoms with E-state index in [9.17, 15) is 9.59 Å². The molecule has 112 valence electrons. The van der Waals surface area contributed by atoms with Crippen LogP contribution in [0.1, 0.15) is 31.2 Å². The molecule has 21 heavy (non-hydrogen) atoms. The minimum atomic E-state index is -0.434. The molecule has 1 unspecified atom stereocenters. The molecule has 6 heteroatoms. The monoisotopic (exact) mass is 327 g/mol. The number of quaternary nitrogens is 1. The van der Waals surface area contributed by atoms with E-state index in [2.05, 4.69) is 0 Å². The normalized spacial score (nSPS) is 28.9. The number of amides is 2. The van der Waals surface area contributed by atoms with Crippen molar-refractivity contribution in [1.82, 2.24) is 0 Å². The van der Waals surface area contributed by atoms with Crippen LogP contribution in [0.15, 0.2) is 18.2 Å². The highest BCUT2D eigenvalue weighted by molar-refractivity contribution is 6.35. The van der Waals surface area contributed by atoms with E-state index in [-0.39, 0.29) is 16.4 Å². The summed E-state index contributed by atoms with van der Waals surface area (Å²) in [7, 11) is 0. The molecule has 1 heterocycles. The molecule has 1 saturated heterocycles. The first kappa shape index (κ1) is 14.8. The standard InChI is InChI=1S/C15H16Cl2N2O2/c16-10-2-1-9(12(17)7-10)8-19(11-3-4-11)13(15(18)21)5-6-14(19)20/h1-2,7,11,13H,3-6,8H2,(H-,18,21)/p+1/t13-,19?/m0/s1. The lowest BCUT2D eigenvalue weighted by atomic mass is 10.1. The molecular weight excluding hydrogens is 311 g/mol. The zero-order chi connectivity index (χ0) is 15.2. The van der Waals surface area contributed by atoms with Crippen LogP contribution in [0.3, 0.4) is 0 Å². The Labute approximate surface area is 133 Å². The third-order valence-electron chi connectivity index (χ3n) is 4.63. The summed E-state index contributed by atoms with van der Waals surface area (Å²) in [6.07, 6.45) is 2.87. The number of hydrogen-bond donors (Lipinski definition) is 1. The molecule has 4 nitrogen and oxygen atoms in total. The Hall–Kier alpha value is -1.10. The highest BCUT2D eigenvalue weighted by Gasteiger charge is 2.60. The van der Waals surface area contributed by atoms with Gasteiger partial charge in [0.05, 0.1) is 17.5 Å². The summed E-state index contributed by atoms with van der Waals surface area (Å²) in [6.45, 7) is 0.424. The van der Waals surface area contributed by atoms with Crippen molar-refractivity contribution in [3.63, 3.8) is 0 Å². The number of nitrogens with zero attached hydrogens (tertiary/aromatic N) is 1. The Morgan fingerprint density at radius 3 is 2.57 bits per heavy atom. The van der Waals surface area contributed by atoms with Gasteiger partial charge in [-0.25, -0.2) is 9.28 Å². The largest absolute Gasteiger partial charge is 0.364 e. The summed E-state index contributed by atoms with van der Waals surface area (Å²) in [5.74, 6) is -0.287. The van der Waals surface area contributed by atoms with Gasteiger partial charge in [-0.1, -0.05) is 29.3 Å². The number of halogens is 2. The van der Waals surface area contributed by atoms with Gasteiger partial charge in [-0.15, -0.1) is 0 Å². The number of hydrogen-bond acceptors (Lipinski definition) is 2. The lowest BCUT2D eigenvalue weighted by Gasteiger charge is -2.36. The molecule has 3 rings (SSSR count). The zero-order valence-electron chi connectivity index (χ0n) is 11.5. The molecule has 0 spiro atoms. The van der Waals surface area contributed by atoms with E-state index in [1.54, 1.807) is 12.1 Å². The molecule has 1 saturated carbocycles. The van der Waals surface area contributed by atoms with Gasteiger partial charge in [-0.2, -0.15) is 0 Å². The van der Waals surface area contributed by atoms with Crippen molar-refractivity contribution in [1.29, 1.82) is 0 Å². The molecule has 0 aromatic heterocycles. The van der Waals surface area contributed by atoms with Gasteiger partial charge < -0.3 is 5.73 Å². The minimum absolute atomic E-state index is 0.104. The predicted molar refractivity (Wildman–Crippen MR) is 80.7 cm³/mol. The first-order valence-electron chi connectivity index (χ1n) is 7.09. The van der Waals surface area contributed by atoms with E-state index in [1.165, 1.54) is 0 Å². The summed E-state index contributed by atoms with van der Waals surface area (Å²) < 4.78 is 0.149. The van der Waals surface area contributed by atoms with Crippen molar-refractivity contribution in [2.24, 2.45) is 5.73 Å². The molecule has 2 fully saturated rings. The van der Waals surface area contributed by atoms with Gasteiger partial charge in [0.2, 0.25) is 0 Å². The van der Waals surface area contributed by atoms with E-state index in [0.29, 0.717) is 29.4 Å². The van der Waals surface area contributed by atoms with Crippen LogP contribution in [-0.4, -0.2) is 28.4 Å². The van der Waals surface area contributed by atoms with Gasteiger partial charge in [-0.3, -0.25) is 4.79 Å². The molecule has 0 radical (unpaired) electrons. The Morgan fingerprint density at radius 1 is 1.29 bits per heavy atom. The second kappa shape index (κ2) is 5.27. The van der Waals surface area contributed by atoms with Gasteiger partial charge in [0, 0.05) is 29.8 Å². The Kier molecular flexibility index (Phi) is 3.72. The number of likely N-dealkylation sites (tertiary alicyclic amines) is 1. The van der Waals surface area contributed by atoms with Gasteiger partial charge in [-0.05, 0) is 12.1 Å². The number of primary amides is 1. The summed E-state index contributed by atoms with van der Waals surface area (Å²) in [4.78, 5) is 24.4. The molecule has 1 aromatic rings. The van der Waals surface area contributed by atoms with Crippen molar-refractivity contribution >= 4 is 35.0 Å². The molecule has 1 aliphatic carbocycles. The summed E-state index contributed by atoms with van der Waals surface area (Å²) >= 11 is 12.2. The number of rotatable bonds is 4. The smallest absolute Gasteiger partial charge is 0.315 e. The van der Waals surface area contributed by atoms with Crippen LogP contribution in [0.25, 0.3) is 0 Å². The molecule has 2 amide bonds. The summed E-state index contributed by atoms with van der Waals surface area (Å²) in [5.41, 5.74) is 6.40. The zero-order valence-corrected chi connectivity index (χ0v) is 13.0. The summed E-state index contributed by atoms with van der Waals surface area (Å²) in [6, 6.07) is 5.02. The van der Waals surface area contributed by atoms with Crippen molar-refractivity contribution in [3.8, 4) is 0 Å². The van der Waals surface area contributed by atoms with Crippen molar-refractivity contribution in [2.75, 3.05) is 0 Å². The van der Waals surface area contributed by atoms with Crippen molar-refractivity contribution < 1.29 is 14.1 Å². The molecule has 2 N–H and O–H groups in total. The highest BCUT2D eigenvalue weighted by Crippen LogP contribution is 2.44. The van der Waals surface area contributed by atoms with Crippen LogP contribution in [0.4, 0.5) is 0 Å². The molecule has 0 bridgehead atoms. The average molecular weight is 328 g/mol.